The van der Waals surface area contributed by atoms with Gasteiger partial charge in [-0.1, -0.05) is 30.1 Å². The quantitative estimate of drug-likeness (QED) is 0.373. The minimum atomic E-state index is -1.42. The topological polar surface area (TPSA) is 111 Å². The lowest BCUT2D eigenvalue weighted by atomic mass is 10.1. The zero-order valence-corrected chi connectivity index (χ0v) is 16.1. The van der Waals surface area contributed by atoms with Gasteiger partial charge in [-0.05, 0) is 30.7 Å². The molecule has 146 valence electrons. The number of hydrogen-bond acceptors (Lipinski definition) is 6. The van der Waals surface area contributed by atoms with E-state index in [1.807, 2.05) is 0 Å². The highest BCUT2D eigenvalue weighted by atomic mass is 35.5. The summed E-state index contributed by atoms with van der Waals surface area (Å²) in [7, 11) is 1.62. The van der Waals surface area contributed by atoms with E-state index < -0.39 is 22.1 Å². The van der Waals surface area contributed by atoms with E-state index in [0.29, 0.717) is 5.02 Å². The van der Waals surface area contributed by atoms with Gasteiger partial charge in [0.25, 0.3) is 5.69 Å². The number of nitro benzene ring substituents is 1. The van der Waals surface area contributed by atoms with E-state index >= 15 is 0 Å². The Balaban J connectivity index is 0.000000527. The Hall–Kier alpha value is -2.39. The number of nitro groups is 1. The Labute approximate surface area is 165 Å². The third kappa shape index (κ3) is 7.40. The smallest absolute Gasteiger partial charge is 0.342 e. The van der Waals surface area contributed by atoms with E-state index in [-0.39, 0.29) is 16.5 Å². The molecule has 0 fully saturated rings. The summed E-state index contributed by atoms with van der Waals surface area (Å²) in [6.45, 7) is 3.03. The number of carboxylic acid groups (broad SMARTS) is 1. The van der Waals surface area contributed by atoms with Crippen LogP contribution in [0.15, 0.2) is 36.4 Å². The van der Waals surface area contributed by atoms with Crippen molar-refractivity contribution in [3.05, 3.63) is 62.1 Å². The Bertz CT molecular complexity index is 797. The maximum atomic E-state index is 11.0. The van der Waals surface area contributed by atoms with Gasteiger partial charge >= 0.3 is 5.97 Å². The second-order valence-corrected chi connectivity index (χ2v) is 5.86. The lowest BCUT2D eigenvalue weighted by Gasteiger charge is -2.08. The maximum absolute atomic E-state index is 11.0. The Morgan fingerprint density at radius 1 is 1.26 bits per heavy atom. The average molecular weight is 417 g/mol. The zero-order valence-electron chi connectivity index (χ0n) is 14.6. The average Bonchev–Trinajstić information content (AvgIpc) is 2.62. The Morgan fingerprint density at radius 2 is 1.96 bits per heavy atom. The fourth-order valence-corrected chi connectivity index (χ4v) is 2.25. The number of nitrogens with one attached hydrogen (secondary N) is 1. The van der Waals surface area contributed by atoms with Gasteiger partial charge in [0, 0.05) is 23.7 Å². The van der Waals surface area contributed by atoms with Crippen LogP contribution in [0.1, 0.15) is 23.7 Å². The van der Waals surface area contributed by atoms with Crippen LogP contribution < -0.4 is 10.2 Å². The van der Waals surface area contributed by atoms with Crippen LogP contribution in [0.5, 0.6) is 11.5 Å². The molecular formula is C17H18Cl2N2O6. The molecule has 0 aromatic heterocycles. The standard InChI is InChI=1S/C13H7Cl2NO5.C4H11NO/c14-7-1-4-12(10(15)5-7)21-8-2-3-11(16(19)20)9(6-8)13(17)18;1-3-4-5-6-2/h1-6H,(H,17,18);5H,3-4H2,1-2H3. The number of benzene rings is 2. The summed E-state index contributed by atoms with van der Waals surface area (Å²) in [6.07, 6.45) is 1.12. The molecule has 27 heavy (non-hydrogen) atoms. The third-order valence-corrected chi connectivity index (χ3v) is 3.54. The molecule has 2 aromatic rings. The summed E-state index contributed by atoms with van der Waals surface area (Å²) >= 11 is 11.7. The zero-order chi connectivity index (χ0) is 20.4. The molecule has 0 unspecified atom stereocenters. The number of nitrogens with zero attached hydrogens (tertiary/aromatic N) is 1. The van der Waals surface area contributed by atoms with Crippen molar-refractivity contribution in [2.24, 2.45) is 0 Å². The number of ether oxygens (including phenoxy) is 1. The molecule has 0 bridgehead atoms. The summed E-state index contributed by atoms with van der Waals surface area (Å²) in [5.41, 5.74) is 1.71. The van der Waals surface area contributed by atoms with Gasteiger partial charge in [0.15, 0.2) is 0 Å². The summed E-state index contributed by atoms with van der Waals surface area (Å²) < 4.78 is 5.41. The minimum Gasteiger partial charge on any atom is -0.477 e. The van der Waals surface area contributed by atoms with Gasteiger partial charge < -0.3 is 14.7 Å². The number of halogens is 2. The first-order valence-corrected chi connectivity index (χ1v) is 8.46. The second-order valence-electron chi connectivity index (χ2n) is 5.02. The van der Waals surface area contributed by atoms with Gasteiger partial charge in [-0.2, -0.15) is 0 Å². The molecule has 0 atom stereocenters. The highest BCUT2D eigenvalue weighted by Crippen LogP contribution is 2.33. The monoisotopic (exact) mass is 416 g/mol. The summed E-state index contributed by atoms with van der Waals surface area (Å²) in [6, 6.07) is 7.92. The molecule has 2 aromatic carbocycles. The molecule has 0 aliphatic rings. The van der Waals surface area contributed by atoms with Gasteiger partial charge in [0.05, 0.1) is 17.1 Å². The van der Waals surface area contributed by atoms with Gasteiger partial charge in [0.1, 0.15) is 17.1 Å². The minimum absolute atomic E-state index is 0.113. The Kier molecular flexibility index (Phi) is 9.52. The Morgan fingerprint density at radius 3 is 2.44 bits per heavy atom. The number of rotatable bonds is 7. The summed E-state index contributed by atoms with van der Waals surface area (Å²) in [5.74, 6) is -1.05. The molecule has 2 N–H and O–H groups in total. The number of carbonyl (C=O) groups is 1. The number of hydroxylamine groups is 1. The first-order valence-electron chi connectivity index (χ1n) is 7.70. The van der Waals surface area contributed by atoms with E-state index in [1.165, 1.54) is 18.2 Å². The van der Waals surface area contributed by atoms with Gasteiger partial charge in [0.2, 0.25) is 0 Å². The van der Waals surface area contributed by atoms with Crippen molar-refractivity contribution < 1.29 is 24.4 Å². The molecule has 8 nitrogen and oxygen atoms in total. The van der Waals surface area contributed by atoms with E-state index in [0.717, 1.165) is 25.1 Å². The normalized spacial score (nSPS) is 9.93. The van der Waals surface area contributed by atoms with Crippen LogP contribution in [0, 0.1) is 10.1 Å². The molecule has 0 spiro atoms. The molecular weight excluding hydrogens is 399 g/mol. The molecule has 0 saturated heterocycles. The van der Waals surface area contributed by atoms with Gasteiger partial charge in [-0.3, -0.25) is 10.1 Å². The van der Waals surface area contributed by atoms with Crippen molar-refractivity contribution in [3.63, 3.8) is 0 Å². The van der Waals surface area contributed by atoms with Crippen LogP contribution in [-0.2, 0) is 4.84 Å². The summed E-state index contributed by atoms with van der Waals surface area (Å²) in [4.78, 5) is 25.5. The van der Waals surface area contributed by atoms with Crippen molar-refractivity contribution in [2.45, 2.75) is 13.3 Å². The van der Waals surface area contributed by atoms with E-state index in [9.17, 15) is 14.9 Å². The summed E-state index contributed by atoms with van der Waals surface area (Å²) in [5, 5.41) is 20.4. The maximum Gasteiger partial charge on any atom is 0.342 e. The first-order chi connectivity index (χ1) is 12.8. The number of hydrogen-bond donors (Lipinski definition) is 2. The lowest BCUT2D eigenvalue weighted by Crippen LogP contribution is -2.11. The van der Waals surface area contributed by atoms with Crippen molar-refractivity contribution in [3.8, 4) is 11.5 Å². The lowest BCUT2D eigenvalue weighted by molar-refractivity contribution is -0.385. The highest BCUT2D eigenvalue weighted by Gasteiger charge is 2.20. The molecule has 10 heteroatoms. The first kappa shape index (κ1) is 22.7. The second kappa shape index (κ2) is 11.3. The molecule has 0 aliphatic heterocycles. The fourth-order valence-electron chi connectivity index (χ4n) is 1.80. The molecule has 0 heterocycles. The van der Waals surface area contributed by atoms with Crippen molar-refractivity contribution in [1.29, 1.82) is 0 Å². The number of carboxylic acids is 1. The third-order valence-electron chi connectivity index (χ3n) is 3.01. The fraction of sp³-hybridized carbons (Fsp3) is 0.235. The van der Waals surface area contributed by atoms with Gasteiger partial charge in [-0.15, -0.1) is 0 Å². The van der Waals surface area contributed by atoms with Crippen LogP contribution in [-0.4, -0.2) is 29.7 Å². The molecule has 2 rings (SSSR count). The molecule has 0 amide bonds. The predicted molar refractivity (Wildman–Crippen MR) is 102 cm³/mol. The number of aromatic carboxylic acids is 1. The van der Waals surface area contributed by atoms with Crippen molar-refractivity contribution in [2.75, 3.05) is 13.7 Å². The van der Waals surface area contributed by atoms with Crippen molar-refractivity contribution >= 4 is 34.9 Å². The van der Waals surface area contributed by atoms with Crippen LogP contribution in [0.25, 0.3) is 0 Å². The van der Waals surface area contributed by atoms with Crippen LogP contribution >= 0.6 is 23.2 Å². The van der Waals surface area contributed by atoms with Crippen LogP contribution in [0.2, 0.25) is 10.0 Å². The largest absolute Gasteiger partial charge is 0.477 e. The SMILES string of the molecule is CCCNOC.O=C(O)c1cc(Oc2ccc(Cl)cc2Cl)ccc1[N+](=O)[O-]. The molecule has 0 aliphatic carbocycles. The molecule has 0 radical (unpaired) electrons. The van der Waals surface area contributed by atoms with Crippen molar-refractivity contribution in [1.82, 2.24) is 5.48 Å². The van der Waals surface area contributed by atoms with Crippen LogP contribution in [0.4, 0.5) is 5.69 Å². The van der Waals surface area contributed by atoms with E-state index in [2.05, 4.69) is 17.2 Å². The van der Waals surface area contributed by atoms with E-state index in [4.69, 9.17) is 33.0 Å². The van der Waals surface area contributed by atoms with Crippen LogP contribution in [0.3, 0.4) is 0 Å². The molecule has 0 saturated carbocycles. The van der Waals surface area contributed by atoms with E-state index in [1.54, 1.807) is 13.2 Å². The van der Waals surface area contributed by atoms with Gasteiger partial charge in [-0.25, -0.2) is 10.3 Å². The predicted octanol–water partition coefficient (Wildman–Crippen LogP) is 4.94. The highest BCUT2D eigenvalue weighted by molar-refractivity contribution is 6.35.